The first kappa shape index (κ1) is 13.1. The summed E-state index contributed by atoms with van der Waals surface area (Å²) in [5.74, 6) is -3.25. The van der Waals surface area contributed by atoms with Gasteiger partial charge in [-0.15, -0.1) is 0 Å². The summed E-state index contributed by atoms with van der Waals surface area (Å²) in [4.78, 5) is 22.7. The molecule has 0 aliphatic carbocycles. The zero-order valence-electron chi connectivity index (χ0n) is 9.31. The maximum absolute atomic E-state index is 13.4. The van der Waals surface area contributed by atoms with Gasteiger partial charge >= 0.3 is 5.97 Å². The zero-order valence-corrected chi connectivity index (χ0v) is 10.1. The molecule has 1 heterocycles. The first-order chi connectivity index (χ1) is 8.99. The van der Waals surface area contributed by atoms with Crippen LogP contribution in [0.15, 0.2) is 34.7 Å². The molecule has 2 rings (SSSR count). The number of nitrogens with one attached hydrogen (secondary N) is 1. The topological polar surface area (TPSA) is 79.5 Å². The van der Waals surface area contributed by atoms with E-state index in [2.05, 4.69) is 5.32 Å². The van der Waals surface area contributed by atoms with Crippen molar-refractivity contribution in [3.63, 3.8) is 0 Å². The van der Waals surface area contributed by atoms with Gasteiger partial charge in [-0.3, -0.25) is 4.79 Å². The number of carboxylic acids is 1. The number of amides is 1. The number of hydrogen-bond donors (Lipinski definition) is 2. The maximum atomic E-state index is 13.4. The largest absolute Gasteiger partial charge is 0.478 e. The fourth-order valence-corrected chi connectivity index (χ4v) is 1.61. The Morgan fingerprint density at radius 3 is 2.58 bits per heavy atom. The highest BCUT2D eigenvalue weighted by atomic mass is 35.5. The van der Waals surface area contributed by atoms with Crippen LogP contribution in [0.2, 0.25) is 5.22 Å². The smallest absolute Gasteiger partial charge is 0.340 e. The molecule has 98 valence electrons. The van der Waals surface area contributed by atoms with E-state index in [0.29, 0.717) is 0 Å². The SMILES string of the molecule is O=C(Nc1cccc(F)c1C(=O)O)c1ccc(Cl)o1. The van der Waals surface area contributed by atoms with Crippen LogP contribution in [0.1, 0.15) is 20.9 Å². The van der Waals surface area contributed by atoms with Crippen LogP contribution in [0.4, 0.5) is 10.1 Å². The molecule has 0 aliphatic rings. The summed E-state index contributed by atoms with van der Waals surface area (Å²) < 4.78 is 18.2. The zero-order chi connectivity index (χ0) is 14.0. The van der Waals surface area contributed by atoms with Gasteiger partial charge in [0.1, 0.15) is 11.4 Å². The van der Waals surface area contributed by atoms with Gasteiger partial charge in [-0.25, -0.2) is 9.18 Å². The lowest BCUT2D eigenvalue weighted by molar-refractivity contribution is 0.0693. The van der Waals surface area contributed by atoms with Crippen molar-refractivity contribution in [2.24, 2.45) is 0 Å². The molecule has 0 saturated carbocycles. The molecule has 2 aromatic rings. The van der Waals surface area contributed by atoms with Gasteiger partial charge < -0.3 is 14.8 Å². The van der Waals surface area contributed by atoms with Crippen LogP contribution in [0.25, 0.3) is 0 Å². The molecular formula is C12H7ClFNO4. The van der Waals surface area contributed by atoms with E-state index in [1.54, 1.807) is 0 Å². The molecule has 0 atom stereocenters. The monoisotopic (exact) mass is 283 g/mol. The van der Waals surface area contributed by atoms with E-state index in [4.69, 9.17) is 21.1 Å². The Morgan fingerprint density at radius 2 is 2.00 bits per heavy atom. The molecule has 7 heteroatoms. The third kappa shape index (κ3) is 2.74. The number of hydrogen-bond acceptors (Lipinski definition) is 3. The molecule has 0 fully saturated rings. The van der Waals surface area contributed by atoms with Gasteiger partial charge in [-0.1, -0.05) is 6.07 Å². The second-order valence-electron chi connectivity index (χ2n) is 3.53. The quantitative estimate of drug-likeness (QED) is 0.907. The van der Waals surface area contributed by atoms with Crippen LogP contribution < -0.4 is 5.32 Å². The second kappa shape index (κ2) is 5.11. The highest BCUT2D eigenvalue weighted by molar-refractivity contribution is 6.29. The van der Waals surface area contributed by atoms with Crippen molar-refractivity contribution < 1.29 is 23.5 Å². The van der Waals surface area contributed by atoms with E-state index >= 15 is 0 Å². The first-order valence-corrected chi connectivity index (χ1v) is 5.45. The summed E-state index contributed by atoms with van der Waals surface area (Å²) in [6, 6.07) is 6.22. The normalized spacial score (nSPS) is 10.2. The summed E-state index contributed by atoms with van der Waals surface area (Å²) in [7, 11) is 0. The van der Waals surface area contributed by atoms with E-state index in [1.165, 1.54) is 24.3 Å². The summed E-state index contributed by atoms with van der Waals surface area (Å²) >= 11 is 5.51. The van der Waals surface area contributed by atoms with Gasteiger partial charge in [0.15, 0.2) is 11.0 Å². The Balaban J connectivity index is 2.31. The lowest BCUT2D eigenvalue weighted by Gasteiger charge is -2.07. The number of carbonyl (C=O) groups is 2. The highest BCUT2D eigenvalue weighted by Gasteiger charge is 2.19. The molecule has 0 saturated heterocycles. The van der Waals surface area contributed by atoms with Crippen LogP contribution in [0.3, 0.4) is 0 Å². The van der Waals surface area contributed by atoms with E-state index in [1.807, 2.05) is 0 Å². The lowest BCUT2D eigenvalue weighted by Crippen LogP contribution is -2.15. The van der Waals surface area contributed by atoms with Crippen LogP contribution in [-0.4, -0.2) is 17.0 Å². The minimum atomic E-state index is -1.48. The molecule has 0 bridgehead atoms. The number of aromatic carboxylic acids is 1. The molecule has 0 spiro atoms. The molecule has 1 aromatic carbocycles. The number of halogens is 2. The summed E-state index contributed by atoms with van der Waals surface area (Å²) in [5.41, 5.74) is -0.779. The maximum Gasteiger partial charge on any atom is 0.340 e. The van der Waals surface area contributed by atoms with Crippen molar-refractivity contribution in [2.75, 3.05) is 5.32 Å². The predicted molar refractivity (Wildman–Crippen MR) is 65.0 cm³/mol. The molecule has 5 nitrogen and oxygen atoms in total. The molecule has 1 aromatic heterocycles. The molecular weight excluding hydrogens is 277 g/mol. The van der Waals surface area contributed by atoms with E-state index in [9.17, 15) is 14.0 Å². The Bertz CT molecular complexity index is 653. The van der Waals surface area contributed by atoms with Crippen LogP contribution >= 0.6 is 11.6 Å². The number of benzene rings is 1. The third-order valence-electron chi connectivity index (χ3n) is 2.27. The summed E-state index contributed by atoms with van der Waals surface area (Å²) in [5, 5.41) is 11.2. The molecule has 2 N–H and O–H groups in total. The highest BCUT2D eigenvalue weighted by Crippen LogP contribution is 2.21. The van der Waals surface area contributed by atoms with Crippen LogP contribution in [0.5, 0.6) is 0 Å². The molecule has 0 unspecified atom stereocenters. The first-order valence-electron chi connectivity index (χ1n) is 5.07. The van der Waals surface area contributed by atoms with Gasteiger partial charge in [0.2, 0.25) is 0 Å². The van der Waals surface area contributed by atoms with E-state index < -0.39 is 23.3 Å². The van der Waals surface area contributed by atoms with E-state index in [0.717, 1.165) is 6.07 Å². The van der Waals surface area contributed by atoms with Crippen molar-refractivity contribution in [3.8, 4) is 0 Å². The molecule has 0 aliphatic heterocycles. The van der Waals surface area contributed by atoms with Gasteiger partial charge in [-0.05, 0) is 35.9 Å². The lowest BCUT2D eigenvalue weighted by atomic mass is 10.1. The Hall–Kier alpha value is -2.34. The number of furan rings is 1. The molecule has 0 radical (unpaired) electrons. The third-order valence-corrected chi connectivity index (χ3v) is 2.48. The minimum absolute atomic E-state index is 0.0165. The average Bonchev–Trinajstić information content (AvgIpc) is 2.75. The van der Waals surface area contributed by atoms with Gasteiger partial charge in [0.05, 0.1) is 5.69 Å². The van der Waals surface area contributed by atoms with Crippen molar-refractivity contribution in [1.82, 2.24) is 0 Å². The van der Waals surface area contributed by atoms with Gasteiger partial charge in [0, 0.05) is 0 Å². The van der Waals surface area contributed by atoms with Crippen molar-refractivity contribution in [2.45, 2.75) is 0 Å². The van der Waals surface area contributed by atoms with Crippen molar-refractivity contribution in [3.05, 3.63) is 52.7 Å². The Kier molecular flexibility index (Phi) is 3.52. The minimum Gasteiger partial charge on any atom is -0.478 e. The molecule has 1 amide bonds. The fourth-order valence-electron chi connectivity index (χ4n) is 1.47. The second-order valence-corrected chi connectivity index (χ2v) is 3.90. The Morgan fingerprint density at radius 1 is 1.26 bits per heavy atom. The van der Waals surface area contributed by atoms with Gasteiger partial charge in [0.25, 0.3) is 5.91 Å². The molecule has 19 heavy (non-hydrogen) atoms. The van der Waals surface area contributed by atoms with Crippen molar-refractivity contribution >= 4 is 29.2 Å². The summed E-state index contributed by atoms with van der Waals surface area (Å²) in [6.45, 7) is 0. The van der Waals surface area contributed by atoms with E-state index in [-0.39, 0.29) is 16.7 Å². The standard InChI is InChI=1S/C12H7ClFNO4/c13-9-5-4-8(19-9)11(16)15-7-3-1-2-6(14)10(7)12(17)18/h1-5H,(H,15,16)(H,17,18). The van der Waals surface area contributed by atoms with Crippen molar-refractivity contribution in [1.29, 1.82) is 0 Å². The number of anilines is 1. The van der Waals surface area contributed by atoms with Gasteiger partial charge in [-0.2, -0.15) is 0 Å². The Labute approximate surface area is 111 Å². The average molecular weight is 284 g/mol. The fraction of sp³-hybridized carbons (Fsp3) is 0. The predicted octanol–water partition coefficient (Wildman–Crippen LogP) is 3.02. The van der Waals surface area contributed by atoms with Crippen LogP contribution in [-0.2, 0) is 0 Å². The van der Waals surface area contributed by atoms with Crippen LogP contribution in [0, 0.1) is 5.82 Å². The number of rotatable bonds is 3. The number of carboxylic acid groups (broad SMARTS) is 1. The number of carbonyl (C=O) groups excluding carboxylic acids is 1. The summed E-state index contributed by atoms with van der Waals surface area (Å²) in [6.07, 6.45) is 0.